The van der Waals surface area contributed by atoms with Crippen LogP contribution in [-0.4, -0.2) is 11.5 Å². The molecule has 0 radical (unpaired) electrons. The molecule has 0 spiro atoms. The van der Waals surface area contributed by atoms with Gasteiger partial charge in [0.15, 0.2) is 0 Å². The van der Waals surface area contributed by atoms with Crippen molar-refractivity contribution in [1.29, 1.82) is 0 Å². The van der Waals surface area contributed by atoms with E-state index in [-0.39, 0.29) is 0 Å². The average Bonchev–Trinajstić information content (AvgIpc) is 2.94. The lowest BCUT2D eigenvalue weighted by molar-refractivity contribution is -0.116. The topological polar surface area (TPSA) is 17.1 Å². The second-order valence-corrected chi connectivity index (χ2v) is 6.32. The van der Waals surface area contributed by atoms with Gasteiger partial charge in [0.25, 0.3) is 0 Å². The second kappa shape index (κ2) is 6.27. The maximum atomic E-state index is 12.1. The average molecular weight is 282 g/mol. The van der Waals surface area contributed by atoms with Gasteiger partial charge in [0.05, 0.1) is 5.75 Å². The Morgan fingerprint density at radius 2 is 1.80 bits per heavy atom. The number of thioether (sulfide) groups is 1. The van der Waals surface area contributed by atoms with Crippen LogP contribution in [0.1, 0.15) is 23.1 Å². The van der Waals surface area contributed by atoms with Gasteiger partial charge in [0, 0.05) is 11.3 Å². The minimum absolute atomic E-state index is 0.303. The Kier molecular flexibility index (Phi) is 4.22. The number of hydrogen-bond acceptors (Lipinski definition) is 2. The fourth-order valence-electron chi connectivity index (χ4n) is 2.69. The van der Waals surface area contributed by atoms with E-state index in [0.717, 1.165) is 4.90 Å². The van der Waals surface area contributed by atoms with Crippen LogP contribution in [0.5, 0.6) is 0 Å². The predicted octanol–water partition coefficient (Wildman–Crippen LogP) is 4.08. The maximum Gasteiger partial charge on any atom is 0.147 e. The first-order chi connectivity index (χ1) is 9.81. The highest BCUT2D eigenvalue weighted by Gasteiger charge is 2.12. The fourth-order valence-corrected chi connectivity index (χ4v) is 3.47. The van der Waals surface area contributed by atoms with Crippen LogP contribution in [0.2, 0.25) is 0 Å². The van der Waals surface area contributed by atoms with Crippen LogP contribution in [0.15, 0.2) is 53.4 Å². The largest absolute Gasteiger partial charge is 0.298 e. The van der Waals surface area contributed by atoms with E-state index in [1.54, 1.807) is 11.8 Å². The first kappa shape index (κ1) is 13.4. The van der Waals surface area contributed by atoms with Crippen molar-refractivity contribution >= 4 is 17.5 Å². The van der Waals surface area contributed by atoms with E-state index in [2.05, 4.69) is 18.2 Å². The lowest BCUT2D eigenvalue weighted by Crippen LogP contribution is -2.06. The summed E-state index contributed by atoms with van der Waals surface area (Å²) in [7, 11) is 0. The highest BCUT2D eigenvalue weighted by Crippen LogP contribution is 2.23. The number of aryl methyl sites for hydroxylation is 2. The summed E-state index contributed by atoms with van der Waals surface area (Å²) in [4.78, 5) is 13.2. The molecular weight excluding hydrogens is 264 g/mol. The molecule has 0 atom stereocenters. The van der Waals surface area contributed by atoms with Crippen molar-refractivity contribution in [3.05, 3.63) is 65.2 Å². The molecule has 0 saturated carbocycles. The zero-order valence-electron chi connectivity index (χ0n) is 11.5. The molecule has 102 valence electrons. The summed E-state index contributed by atoms with van der Waals surface area (Å²) in [6, 6.07) is 16.7. The van der Waals surface area contributed by atoms with E-state index < -0.39 is 0 Å². The van der Waals surface area contributed by atoms with E-state index >= 15 is 0 Å². The van der Waals surface area contributed by atoms with Gasteiger partial charge >= 0.3 is 0 Å². The molecule has 0 fully saturated rings. The standard InChI is InChI=1S/C18H18OS/c19-17(13-20-18-7-2-1-3-8-18)12-14-9-10-15-5-4-6-16(15)11-14/h1-3,7-11H,4-6,12-13H2. The number of ketones is 1. The molecule has 0 unspecified atom stereocenters. The van der Waals surface area contributed by atoms with Gasteiger partial charge in [0.1, 0.15) is 5.78 Å². The van der Waals surface area contributed by atoms with Gasteiger partial charge in [-0.3, -0.25) is 4.79 Å². The molecule has 0 aromatic heterocycles. The number of hydrogen-bond donors (Lipinski definition) is 0. The molecule has 1 aliphatic carbocycles. The van der Waals surface area contributed by atoms with Gasteiger partial charge in [-0.05, 0) is 48.1 Å². The molecular formula is C18H18OS. The van der Waals surface area contributed by atoms with E-state index in [4.69, 9.17) is 0 Å². The Labute approximate surface area is 124 Å². The minimum Gasteiger partial charge on any atom is -0.298 e. The number of benzene rings is 2. The van der Waals surface area contributed by atoms with Gasteiger partial charge in [-0.25, -0.2) is 0 Å². The SMILES string of the molecule is O=C(CSc1ccccc1)Cc1ccc2c(c1)CCC2. The van der Waals surface area contributed by atoms with Crippen molar-refractivity contribution < 1.29 is 4.79 Å². The molecule has 0 amide bonds. The summed E-state index contributed by atoms with van der Waals surface area (Å²) in [6.45, 7) is 0. The molecule has 0 bridgehead atoms. The van der Waals surface area contributed by atoms with Crippen molar-refractivity contribution in [1.82, 2.24) is 0 Å². The molecule has 1 aliphatic rings. The Morgan fingerprint density at radius 3 is 2.65 bits per heavy atom. The van der Waals surface area contributed by atoms with Crippen molar-refractivity contribution in [2.75, 3.05) is 5.75 Å². The van der Waals surface area contributed by atoms with Crippen LogP contribution < -0.4 is 0 Å². The van der Waals surface area contributed by atoms with Gasteiger partial charge in [0.2, 0.25) is 0 Å². The van der Waals surface area contributed by atoms with Crippen molar-refractivity contribution in [2.45, 2.75) is 30.6 Å². The summed E-state index contributed by atoms with van der Waals surface area (Å²) >= 11 is 1.62. The minimum atomic E-state index is 0.303. The van der Waals surface area contributed by atoms with Crippen molar-refractivity contribution in [3.8, 4) is 0 Å². The molecule has 20 heavy (non-hydrogen) atoms. The smallest absolute Gasteiger partial charge is 0.147 e. The molecule has 3 rings (SSSR count). The molecule has 1 nitrogen and oxygen atoms in total. The first-order valence-electron chi connectivity index (χ1n) is 7.11. The Bertz CT molecular complexity index is 604. The molecule has 2 heteroatoms. The second-order valence-electron chi connectivity index (χ2n) is 5.27. The van der Waals surface area contributed by atoms with Crippen LogP contribution in [-0.2, 0) is 24.1 Å². The van der Waals surface area contributed by atoms with Crippen LogP contribution in [0, 0.1) is 0 Å². The maximum absolute atomic E-state index is 12.1. The molecule has 2 aromatic carbocycles. The molecule has 2 aromatic rings. The summed E-state index contributed by atoms with van der Waals surface area (Å²) in [6.07, 6.45) is 4.20. The van der Waals surface area contributed by atoms with Crippen LogP contribution >= 0.6 is 11.8 Å². The zero-order valence-corrected chi connectivity index (χ0v) is 12.3. The third-order valence-electron chi connectivity index (χ3n) is 3.71. The number of fused-ring (bicyclic) bond motifs is 1. The van der Waals surface area contributed by atoms with E-state index in [1.165, 1.54) is 36.0 Å². The number of rotatable bonds is 5. The summed E-state index contributed by atoms with van der Waals surface area (Å²) < 4.78 is 0. The van der Waals surface area contributed by atoms with E-state index in [0.29, 0.717) is 18.0 Å². The Hall–Kier alpha value is -1.54. The third kappa shape index (κ3) is 3.31. The summed E-state index contributed by atoms with van der Waals surface area (Å²) in [5.41, 5.74) is 4.09. The van der Waals surface area contributed by atoms with Crippen LogP contribution in [0.3, 0.4) is 0 Å². The van der Waals surface area contributed by atoms with Crippen LogP contribution in [0.4, 0.5) is 0 Å². The van der Waals surface area contributed by atoms with Gasteiger partial charge in [-0.1, -0.05) is 36.4 Å². The lowest BCUT2D eigenvalue weighted by Gasteiger charge is -2.05. The van der Waals surface area contributed by atoms with Crippen molar-refractivity contribution in [3.63, 3.8) is 0 Å². The highest BCUT2D eigenvalue weighted by molar-refractivity contribution is 8.00. The third-order valence-corrected chi connectivity index (χ3v) is 4.78. The number of Topliss-reactive ketones (excluding diaryl/α,β-unsaturated/α-hetero) is 1. The fraction of sp³-hybridized carbons (Fsp3) is 0.278. The van der Waals surface area contributed by atoms with Gasteiger partial charge in [-0.2, -0.15) is 0 Å². The van der Waals surface area contributed by atoms with Gasteiger partial charge in [-0.15, -0.1) is 11.8 Å². The quantitative estimate of drug-likeness (QED) is 0.769. The molecule has 0 aliphatic heterocycles. The van der Waals surface area contributed by atoms with E-state index in [9.17, 15) is 4.79 Å². The van der Waals surface area contributed by atoms with Crippen LogP contribution in [0.25, 0.3) is 0 Å². The molecule has 0 heterocycles. The Balaban J connectivity index is 1.56. The summed E-state index contributed by atoms with van der Waals surface area (Å²) in [5, 5.41) is 0. The summed E-state index contributed by atoms with van der Waals surface area (Å²) in [5.74, 6) is 0.859. The molecule has 0 N–H and O–H groups in total. The van der Waals surface area contributed by atoms with E-state index in [1.807, 2.05) is 30.3 Å². The number of carbonyl (C=O) groups is 1. The Morgan fingerprint density at radius 1 is 1.00 bits per heavy atom. The highest BCUT2D eigenvalue weighted by atomic mass is 32.2. The molecule has 0 saturated heterocycles. The first-order valence-corrected chi connectivity index (χ1v) is 8.10. The zero-order chi connectivity index (χ0) is 13.8. The monoisotopic (exact) mass is 282 g/mol. The van der Waals surface area contributed by atoms with Crippen molar-refractivity contribution in [2.24, 2.45) is 0 Å². The predicted molar refractivity (Wildman–Crippen MR) is 84.3 cm³/mol. The number of carbonyl (C=O) groups excluding carboxylic acids is 1. The van der Waals surface area contributed by atoms with Gasteiger partial charge < -0.3 is 0 Å². The normalized spacial score (nSPS) is 13.2. The lowest BCUT2D eigenvalue weighted by atomic mass is 10.0.